The van der Waals surface area contributed by atoms with Crippen molar-refractivity contribution < 1.29 is 0 Å². The Morgan fingerprint density at radius 3 is 2.23 bits per heavy atom. The van der Waals surface area contributed by atoms with E-state index in [1.54, 1.807) is 0 Å². The fourth-order valence-corrected chi connectivity index (χ4v) is 3.39. The van der Waals surface area contributed by atoms with E-state index in [4.69, 9.17) is 9.97 Å². The first kappa shape index (κ1) is 16.6. The van der Waals surface area contributed by atoms with Crippen LogP contribution in [0, 0.1) is 0 Å². The van der Waals surface area contributed by atoms with Gasteiger partial charge in [-0.15, -0.1) is 0 Å². The van der Waals surface area contributed by atoms with E-state index in [2.05, 4.69) is 71.4 Å². The maximum Gasteiger partial charge on any atom is 0.227 e. The Hall–Kier alpha value is -2.88. The molecule has 4 heteroatoms. The van der Waals surface area contributed by atoms with Crippen LogP contribution in [0.25, 0.3) is 11.3 Å². The van der Waals surface area contributed by atoms with Gasteiger partial charge in [0, 0.05) is 38.3 Å². The fraction of sp³-hybridized carbons (Fsp3) is 0.273. The molecule has 0 unspecified atom stereocenters. The second kappa shape index (κ2) is 7.56. The van der Waals surface area contributed by atoms with Gasteiger partial charge >= 0.3 is 0 Å². The lowest BCUT2D eigenvalue weighted by Crippen LogP contribution is -2.23. The molecular weight excluding hydrogens is 320 g/mol. The van der Waals surface area contributed by atoms with E-state index in [-0.39, 0.29) is 0 Å². The Morgan fingerprint density at radius 2 is 1.54 bits per heavy atom. The largest absolute Gasteiger partial charge is 0.356 e. The van der Waals surface area contributed by atoms with Crippen LogP contribution in [-0.4, -0.2) is 30.1 Å². The summed E-state index contributed by atoms with van der Waals surface area (Å²) < 4.78 is 0. The Balaban J connectivity index is 1.69. The third kappa shape index (κ3) is 3.69. The molecule has 4 nitrogen and oxygen atoms in total. The number of hydrogen-bond donors (Lipinski definition) is 0. The summed E-state index contributed by atoms with van der Waals surface area (Å²) in [5.41, 5.74) is 3.37. The maximum atomic E-state index is 4.88. The minimum Gasteiger partial charge on any atom is -0.356 e. The van der Waals surface area contributed by atoms with Gasteiger partial charge in [0.15, 0.2) is 0 Å². The van der Waals surface area contributed by atoms with E-state index in [0.29, 0.717) is 0 Å². The maximum absolute atomic E-state index is 4.88. The van der Waals surface area contributed by atoms with Crippen molar-refractivity contribution in [2.45, 2.75) is 19.4 Å². The molecule has 0 spiro atoms. The number of benzene rings is 2. The fourth-order valence-electron chi connectivity index (χ4n) is 3.39. The summed E-state index contributed by atoms with van der Waals surface area (Å²) in [6.45, 7) is 2.94. The van der Waals surface area contributed by atoms with Gasteiger partial charge in [-0.05, 0) is 18.4 Å². The van der Waals surface area contributed by atoms with E-state index in [0.717, 1.165) is 42.7 Å². The van der Waals surface area contributed by atoms with Crippen LogP contribution in [0.4, 0.5) is 11.8 Å². The number of anilines is 2. The van der Waals surface area contributed by atoms with Gasteiger partial charge in [0.25, 0.3) is 0 Å². The van der Waals surface area contributed by atoms with Crippen LogP contribution in [-0.2, 0) is 6.54 Å². The molecule has 1 fully saturated rings. The molecule has 26 heavy (non-hydrogen) atoms. The summed E-state index contributed by atoms with van der Waals surface area (Å²) in [4.78, 5) is 14.2. The Kier molecular flexibility index (Phi) is 4.82. The Labute approximate surface area is 155 Å². The summed E-state index contributed by atoms with van der Waals surface area (Å²) in [5.74, 6) is 1.81. The standard InChI is InChI=1S/C22H24N4/c1-25(17-18-10-4-2-5-11-18)22-23-20(19-12-6-3-7-13-19)16-21(24-22)26-14-8-9-15-26/h2-7,10-13,16H,8-9,14-15,17H2,1H3. The minimum atomic E-state index is 0.775. The van der Waals surface area contributed by atoms with Crippen molar-refractivity contribution in [3.8, 4) is 11.3 Å². The number of hydrogen-bond acceptors (Lipinski definition) is 4. The van der Waals surface area contributed by atoms with E-state index in [9.17, 15) is 0 Å². The molecule has 0 atom stereocenters. The average molecular weight is 344 g/mol. The highest BCUT2D eigenvalue weighted by Gasteiger charge is 2.18. The highest BCUT2D eigenvalue weighted by Crippen LogP contribution is 2.27. The van der Waals surface area contributed by atoms with Crippen molar-refractivity contribution in [2.24, 2.45) is 0 Å². The SMILES string of the molecule is CN(Cc1ccccc1)c1nc(-c2ccccc2)cc(N2CCCC2)n1. The van der Waals surface area contributed by atoms with E-state index in [1.165, 1.54) is 18.4 Å². The zero-order valence-electron chi connectivity index (χ0n) is 15.2. The third-order valence-corrected chi connectivity index (χ3v) is 4.80. The third-order valence-electron chi connectivity index (χ3n) is 4.80. The minimum absolute atomic E-state index is 0.775. The molecule has 0 amide bonds. The predicted octanol–water partition coefficient (Wildman–Crippen LogP) is 4.38. The number of nitrogens with zero attached hydrogens (tertiary/aromatic N) is 4. The predicted molar refractivity (Wildman–Crippen MR) is 107 cm³/mol. The van der Waals surface area contributed by atoms with Gasteiger partial charge in [0.1, 0.15) is 5.82 Å². The van der Waals surface area contributed by atoms with Gasteiger partial charge < -0.3 is 9.80 Å². The first-order valence-corrected chi connectivity index (χ1v) is 9.24. The summed E-state index contributed by atoms with van der Waals surface area (Å²) >= 11 is 0. The van der Waals surface area contributed by atoms with Gasteiger partial charge in [0.2, 0.25) is 5.95 Å². The lowest BCUT2D eigenvalue weighted by Gasteiger charge is -2.22. The molecular formula is C22H24N4. The molecule has 0 aliphatic carbocycles. The molecule has 1 saturated heterocycles. The van der Waals surface area contributed by atoms with Crippen molar-refractivity contribution in [1.82, 2.24) is 9.97 Å². The van der Waals surface area contributed by atoms with E-state index >= 15 is 0 Å². The Bertz CT molecular complexity index is 843. The van der Waals surface area contributed by atoms with Crippen LogP contribution < -0.4 is 9.80 Å². The zero-order valence-corrected chi connectivity index (χ0v) is 15.2. The van der Waals surface area contributed by atoms with E-state index in [1.807, 2.05) is 12.1 Å². The van der Waals surface area contributed by atoms with E-state index < -0.39 is 0 Å². The molecule has 0 saturated carbocycles. The topological polar surface area (TPSA) is 32.3 Å². The smallest absolute Gasteiger partial charge is 0.227 e. The van der Waals surface area contributed by atoms with Crippen molar-refractivity contribution in [2.75, 3.05) is 29.9 Å². The number of aromatic nitrogens is 2. The average Bonchev–Trinajstić information content (AvgIpc) is 3.24. The second-order valence-electron chi connectivity index (χ2n) is 6.81. The van der Waals surface area contributed by atoms with Crippen molar-refractivity contribution in [3.63, 3.8) is 0 Å². The molecule has 1 aliphatic heterocycles. The van der Waals surface area contributed by atoms with Crippen LogP contribution >= 0.6 is 0 Å². The molecule has 1 aromatic heterocycles. The van der Waals surface area contributed by atoms with Crippen molar-refractivity contribution in [1.29, 1.82) is 0 Å². The first-order valence-electron chi connectivity index (χ1n) is 9.24. The monoisotopic (exact) mass is 344 g/mol. The Morgan fingerprint density at radius 1 is 0.885 bits per heavy atom. The van der Waals surface area contributed by atoms with Crippen molar-refractivity contribution >= 4 is 11.8 Å². The molecule has 132 valence electrons. The summed E-state index contributed by atoms with van der Waals surface area (Å²) in [6.07, 6.45) is 2.47. The summed E-state index contributed by atoms with van der Waals surface area (Å²) in [5, 5.41) is 0. The quantitative estimate of drug-likeness (QED) is 0.687. The normalized spacial score (nSPS) is 13.8. The zero-order chi connectivity index (χ0) is 17.8. The van der Waals surface area contributed by atoms with Crippen LogP contribution in [0.3, 0.4) is 0 Å². The second-order valence-corrected chi connectivity index (χ2v) is 6.81. The first-order chi connectivity index (χ1) is 12.8. The van der Waals surface area contributed by atoms with Gasteiger partial charge in [-0.1, -0.05) is 60.7 Å². The molecule has 2 heterocycles. The highest BCUT2D eigenvalue weighted by atomic mass is 15.3. The summed E-state index contributed by atoms with van der Waals surface area (Å²) in [6, 6.07) is 22.9. The van der Waals surface area contributed by atoms with Crippen LogP contribution in [0.1, 0.15) is 18.4 Å². The van der Waals surface area contributed by atoms with Crippen LogP contribution in [0.15, 0.2) is 66.7 Å². The van der Waals surface area contributed by atoms with Gasteiger partial charge in [0.05, 0.1) is 5.69 Å². The van der Waals surface area contributed by atoms with Crippen LogP contribution in [0.5, 0.6) is 0 Å². The van der Waals surface area contributed by atoms with Gasteiger partial charge in [-0.2, -0.15) is 4.98 Å². The lowest BCUT2D eigenvalue weighted by molar-refractivity contribution is 0.851. The molecule has 0 radical (unpaired) electrons. The molecule has 2 aromatic carbocycles. The number of rotatable bonds is 5. The highest BCUT2D eigenvalue weighted by molar-refractivity contribution is 5.65. The van der Waals surface area contributed by atoms with Gasteiger partial charge in [-0.3, -0.25) is 0 Å². The molecule has 1 aliphatic rings. The van der Waals surface area contributed by atoms with Crippen LogP contribution in [0.2, 0.25) is 0 Å². The molecule has 0 N–H and O–H groups in total. The van der Waals surface area contributed by atoms with Crippen molar-refractivity contribution in [3.05, 3.63) is 72.3 Å². The molecule has 3 aromatic rings. The van der Waals surface area contributed by atoms with Gasteiger partial charge in [-0.25, -0.2) is 4.98 Å². The molecule has 0 bridgehead atoms. The summed E-state index contributed by atoms with van der Waals surface area (Å²) in [7, 11) is 2.06. The molecule has 4 rings (SSSR count). The lowest BCUT2D eigenvalue weighted by atomic mass is 10.1.